The van der Waals surface area contributed by atoms with Gasteiger partial charge in [-0.1, -0.05) is 24.3 Å². The zero-order valence-corrected chi connectivity index (χ0v) is 14.5. The number of ether oxygens (including phenoxy) is 1. The van der Waals surface area contributed by atoms with Gasteiger partial charge in [0, 0.05) is 31.9 Å². The highest BCUT2D eigenvalue weighted by molar-refractivity contribution is 5.88. The first kappa shape index (κ1) is 17.8. The Labute approximate surface area is 152 Å². The van der Waals surface area contributed by atoms with E-state index in [0.717, 1.165) is 11.4 Å². The predicted octanol–water partition coefficient (Wildman–Crippen LogP) is 2.50. The number of amides is 1. The molecule has 0 radical (unpaired) electrons. The Balaban J connectivity index is 1.46. The average Bonchev–Trinajstić information content (AvgIpc) is 2.69. The lowest BCUT2D eigenvalue weighted by molar-refractivity contribution is -0.132. The van der Waals surface area contributed by atoms with Crippen molar-refractivity contribution in [3.05, 3.63) is 60.2 Å². The molecule has 1 saturated heterocycles. The van der Waals surface area contributed by atoms with Gasteiger partial charge < -0.3 is 19.6 Å². The maximum atomic E-state index is 12.3. The summed E-state index contributed by atoms with van der Waals surface area (Å²) in [6, 6.07) is 16.4. The molecule has 2 aromatic carbocycles. The quantitative estimate of drug-likeness (QED) is 0.863. The van der Waals surface area contributed by atoms with Gasteiger partial charge in [-0.2, -0.15) is 0 Å². The number of piperazine rings is 1. The molecule has 1 aliphatic heterocycles. The van der Waals surface area contributed by atoms with Crippen molar-refractivity contribution in [1.29, 1.82) is 0 Å². The molecule has 0 spiro atoms. The van der Waals surface area contributed by atoms with Crippen molar-refractivity contribution in [3.63, 3.8) is 0 Å². The fourth-order valence-corrected chi connectivity index (χ4v) is 2.98. The maximum absolute atomic E-state index is 12.3. The van der Waals surface area contributed by atoms with Gasteiger partial charge in [0.25, 0.3) is 0 Å². The van der Waals surface area contributed by atoms with Crippen LogP contribution in [0.1, 0.15) is 16.8 Å². The van der Waals surface area contributed by atoms with Gasteiger partial charge >= 0.3 is 5.97 Å². The second-order valence-corrected chi connectivity index (χ2v) is 6.13. The lowest BCUT2D eigenvalue weighted by Crippen LogP contribution is -2.49. The zero-order chi connectivity index (χ0) is 18.4. The van der Waals surface area contributed by atoms with E-state index >= 15 is 0 Å². The lowest BCUT2D eigenvalue weighted by atomic mass is 10.1. The zero-order valence-electron chi connectivity index (χ0n) is 14.5. The van der Waals surface area contributed by atoms with E-state index in [1.165, 1.54) is 0 Å². The van der Waals surface area contributed by atoms with Crippen LogP contribution in [0.15, 0.2) is 54.6 Å². The van der Waals surface area contributed by atoms with Crippen molar-refractivity contribution < 1.29 is 19.4 Å². The number of carboxylic acids is 1. The molecule has 3 rings (SSSR count). The average molecular weight is 354 g/mol. The molecule has 1 fully saturated rings. The number of hydrogen-bond acceptors (Lipinski definition) is 4. The van der Waals surface area contributed by atoms with Gasteiger partial charge in [-0.3, -0.25) is 4.79 Å². The van der Waals surface area contributed by atoms with Crippen LogP contribution in [-0.2, 0) is 4.79 Å². The van der Waals surface area contributed by atoms with E-state index in [1.54, 1.807) is 18.2 Å². The topological polar surface area (TPSA) is 70.1 Å². The van der Waals surface area contributed by atoms with Crippen molar-refractivity contribution >= 4 is 17.6 Å². The normalized spacial score (nSPS) is 14.2. The summed E-state index contributed by atoms with van der Waals surface area (Å²) >= 11 is 0. The second kappa shape index (κ2) is 8.38. The van der Waals surface area contributed by atoms with E-state index in [2.05, 4.69) is 4.90 Å². The first-order chi connectivity index (χ1) is 12.6. The Morgan fingerprint density at radius 1 is 0.962 bits per heavy atom. The number of anilines is 1. The fraction of sp³-hybridized carbons (Fsp3) is 0.300. The van der Waals surface area contributed by atoms with Gasteiger partial charge in [0.15, 0.2) is 0 Å². The van der Waals surface area contributed by atoms with E-state index < -0.39 is 5.97 Å². The lowest BCUT2D eigenvalue weighted by Gasteiger charge is -2.36. The minimum absolute atomic E-state index is 0.0832. The van der Waals surface area contributed by atoms with Crippen LogP contribution in [0.25, 0.3) is 0 Å². The molecule has 0 aromatic heterocycles. The summed E-state index contributed by atoms with van der Waals surface area (Å²) in [6.07, 6.45) is 0.351. The molecule has 1 N–H and O–H groups in total. The van der Waals surface area contributed by atoms with Crippen LogP contribution in [0.5, 0.6) is 5.75 Å². The molecule has 6 heteroatoms. The largest absolute Gasteiger partial charge is 0.493 e. The molecule has 0 unspecified atom stereocenters. The molecule has 6 nitrogen and oxygen atoms in total. The van der Waals surface area contributed by atoms with Crippen LogP contribution >= 0.6 is 0 Å². The summed E-state index contributed by atoms with van der Waals surface area (Å²) < 4.78 is 5.58. The van der Waals surface area contributed by atoms with Crippen LogP contribution in [0.3, 0.4) is 0 Å². The number of carbonyl (C=O) groups excluding carboxylic acids is 1. The number of rotatable bonds is 6. The highest BCUT2D eigenvalue weighted by atomic mass is 16.5. The van der Waals surface area contributed by atoms with E-state index in [0.29, 0.717) is 39.2 Å². The van der Waals surface area contributed by atoms with Crippen molar-refractivity contribution in [3.8, 4) is 5.75 Å². The maximum Gasteiger partial charge on any atom is 0.335 e. The van der Waals surface area contributed by atoms with Gasteiger partial charge in [0.2, 0.25) is 5.91 Å². The van der Waals surface area contributed by atoms with Gasteiger partial charge in [0.1, 0.15) is 5.75 Å². The minimum Gasteiger partial charge on any atom is -0.493 e. The third-order valence-corrected chi connectivity index (χ3v) is 4.42. The van der Waals surface area contributed by atoms with Crippen LogP contribution in [0.2, 0.25) is 0 Å². The second-order valence-electron chi connectivity index (χ2n) is 6.13. The standard InChI is InChI=1S/C20H22N2O4/c23-19(9-14-26-18-7-2-1-3-8-18)22-12-10-21(11-13-22)17-6-4-5-16(15-17)20(24)25/h1-8,15H,9-14H2,(H,24,25). The number of benzene rings is 2. The molecule has 26 heavy (non-hydrogen) atoms. The van der Waals surface area contributed by atoms with Crippen molar-refractivity contribution in [2.24, 2.45) is 0 Å². The molecule has 0 bridgehead atoms. The third kappa shape index (κ3) is 4.53. The first-order valence-electron chi connectivity index (χ1n) is 8.67. The number of carbonyl (C=O) groups is 2. The first-order valence-corrected chi connectivity index (χ1v) is 8.67. The third-order valence-electron chi connectivity index (χ3n) is 4.42. The number of para-hydroxylation sites is 1. The van der Waals surface area contributed by atoms with Crippen molar-refractivity contribution in [2.75, 3.05) is 37.7 Å². The summed E-state index contributed by atoms with van der Waals surface area (Å²) in [6.45, 7) is 3.00. The number of nitrogens with zero attached hydrogens (tertiary/aromatic N) is 2. The molecule has 0 atom stereocenters. The summed E-state index contributed by atoms with van der Waals surface area (Å²) in [5, 5.41) is 9.10. The predicted molar refractivity (Wildman–Crippen MR) is 98.7 cm³/mol. The van der Waals surface area contributed by atoms with Crippen LogP contribution in [0.4, 0.5) is 5.69 Å². The molecule has 2 aromatic rings. The van der Waals surface area contributed by atoms with Crippen LogP contribution < -0.4 is 9.64 Å². The summed E-state index contributed by atoms with van der Waals surface area (Å²) in [5.41, 5.74) is 1.16. The Bertz CT molecular complexity index is 755. The summed E-state index contributed by atoms with van der Waals surface area (Å²) in [5.74, 6) is -0.0811. The SMILES string of the molecule is O=C(O)c1cccc(N2CCN(C(=O)CCOc3ccccc3)CC2)c1. The Morgan fingerprint density at radius 3 is 2.38 bits per heavy atom. The Hall–Kier alpha value is -3.02. The Morgan fingerprint density at radius 2 is 1.69 bits per heavy atom. The van der Waals surface area contributed by atoms with Gasteiger partial charge in [-0.05, 0) is 30.3 Å². The smallest absolute Gasteiger partial charge is 0.335 e. The van der Waals surface area contributed by atoms with Crippen molar-refractivity contribution in [2.45, 2.75) is 6.42 Å². The molecule has 0 saturated carbocycles. The van der Waals surface area contributed by atoms with E-state index in [4.69, 9.17) is 9.84 Å². The van der Waals surface area contributed by atoms with Gasteiger partial charge in [0.05, 0.1) is 18.6 Å². The molecule has 0 aliphatic carbocycles. The minimum atomic E-state index is -0.931. The highest BCUT2D eigenvalue weighted by Crippen LogP contribution is 2.18. The van der Waals surface area contributed by atoms with Crippen molar-refractivity contribution in [1.82, 2.24) is 4.90 Å². The van der Waals surface area contributed by atoms with Crippen LogP contribution in [0, 0.1) is 0 Å². The molecular formula is C20H22N2O4. The molecule has 1 aliphatic rings. The molecule has 1 amide bonds. The monoisotopic (exact) mass is 354 g/mol. The van der Waals surface area contributed by atoms with E-state index in [1.807, 2.05) is 41.3 Å². The number of aromatic carboxylic acids is 1. The van der Waals surface area contributed by atoms with Gasteiger partial charge in [-0.15, -0.1) is 0 Å². The van der Waals surface area contributed by atoms with E-state index in [9.17, 15) is 9.59 Å². The number of hydrogen-bond donors (Lipinski definition) is 1. The molecular weight excluding hydrogens is 332 g/mol. The Kier molecular flexibility index (Phi) is 5.73. The van der Waals surface area contributed by atoms with E-state index in [-0.39, 0.29) is 11.5 Å². The molecule has 136 valence electrons. The van der Waals surface area contributed by atoms with Crippen LogP contribution in [-0.4, -0.2) is 54.7 Å². The fourth-order valence-electron chi connectivity index (χ4n) is 2.98. The van der Waals surface area contributed by atoms with Gasteiger partial charge in [-0.25, -0.2) is 4.79 Å². The molecule has 1 heterocycles. The highest BCUT2D eigenvalue weighted by Gasteiger charge is 2.21. The number of carboxylic acid groups (broad SMARTS) is 1. The summed E-state index contributed by atoms with van der Waals surface area (Å²) in [7, 11) is 0. The summed E-state index contributed by atoms with van der Waals surface area (Å²) in [4.78, 5) is 27.4.